The summed E-state index contributed by atoms with van der Waals surface area (Å²) >= 11 is 0. The summed E-state index contributed by atoms with van der Waals surface area (Å²) in [5.74, 6) is 0.892. The molecule has 0 aromatic heterocycles. The molecule has 8 atom stereocenters. The normalized spacial score (nSPS) is 53.5. The van der Waals surface area contributed by atoms with Gasteiger partial charge in [0.25, 0.3) is 0 Å². The Morgan fingerprint density at radius 3 is 2.31 bits per heavy atom. The van der Waals surface area contributed by atoms with Crippen molar-refractivity contribution in [2.24, 2.45) is 39.4 Å². The second-order valence-electron chi connectivity index (χ2n) is 12.3. The van der Waals surface area contributed by atoms with Gasteiger partial charge in [0.15, 0.2) is 0 Å². The molecule has 29 heavy (non-hydrogen) atoms. The van der Waals surface area contributed by atoms with Gasteiger partial charge in [-0.25, -0.2) is 4.79 Å². The number of fused-ring (bicyclic) bond motifs is 6. The highest BCUT2D eigenvalue weighted by Crippen LogP contribution is 2.73. The molecule has 0 spiro atoms. The van der Waals surface area contributed by atoms with Crippen LogP contribution in [0.2, 0.25) is 0 Å². The molecule has 0 aromatic carbocycles. The number of hydrogen-bond donors (Lipinski definition) is 2. The van der Waals surface area contributed by atoms with Crippen LogP contribution in [0.4, 0.5) is 0 Å². The van der Waals surface area contributed by atoms with Crippen LogP contribution in [0.15, 0.2) is 11.1 Å². The van der Waals surface area contributed by atoms with E-state index in [4.69, 9.17) is 4.74 Å². The predicted molar refractivity (Wildman–Crippen MR) is 111 cm³/mol. The smallest absolute Gasteiger partial charge is 0.335 e. The van der Waals surface area contributed by atoms with E-state index in [1.807, 2.05) is 0 Å². The molecule has 0 bridgehead atoms. The van der Waals surface area contributed by atoms with Crippen molar-refractivity contribution in [3.8, 4) is 0 Å². The zero-order valence-corrected chi connectivity index (χ0v) is 18.8. The lowest BCUT2D eigenvalue weighted by atomic mass is 9.35. The fraction of sp³-hybridized carbons (Fsp3) is 0.880. The summed E-state index contributed by atoms with van der Waals surface area (Å²) in [6.45, 7) is 12.1. The van der Waals surface area contributed by atoms with E-state index in [1.54, 1.807) is 0 Å². The van der Waals surface area contributed by atoms with Gasteiger partial charge < -0.3 is 14.9 Å². The quantitative estimate of drug-likeness (QED) is 0.595. The van der Waals surface area contributed by atoms with E-state index in [0.717, 1.165) is 18.4 Å². The fourth-order valence-corrected chi connectivity index (χ4v) is 9.49. The van der Waals surface area contributed by atoms with Crippen LogP contribution < -0.4 is 0 Å². The summed E-state index contributed by atoms with van der Waals surface area (Å²) in [6.07, 6.45) is 6.34. The van der Waals surface area contributed by atoms with Crippen molar-refractivity contribution in [1.82, 2.24) is 0 Å². The number of ether oxygens (including phenoxy) is 1. The van der Waals surface area contributed by atoms with Crippen LogP contribution in [-0.2, 0) is 9.53 Å². The second kappa shape index (κ2) is 5.88. The maximum Gasteiger partial charge on any atom is 0.335 e. The van der Waals surface area contributed by atoms with E-state index in [9.17, 15) is 15.0 Å². The Hall–Kier alpha value is -0.870. The molecule has 0 saturated heterocycles. The number of carbonyl (C=O) groups is 1. The van der Waals surface area contributed by atoms with Crippen LogP contribution >= 0.6 is 0 Å². The maximum atomic E-state index is 12.7. The standard InChI is InChI=1S/C25H38O4/c1-22(2)8-6-9-23(3)16(22)7-10-24(4)17(23)12-19(27)25(5)18(24)11-15(26)14-13-29-21(28)20(14)25/h15-19,26-27H,6-13H2,1-5H3/t15-,16+,17-,18+,19-,23+,24-,25-/m1/s1. The van der Waals surface area contributed by atoms with Gasteiger partial charge in [-0.2, -0.15) is 0 Å². The first-order valence-electron chi connectivity index (χ1n) is 11.7. The van der Waals surface area contributed by atoms with Crippen molar-refractivity contribution >= 4 is 5.97 Å². The number of cyclic esters (lactones) is 1. The third-order valence-electron chi connectivity index (χ3n) is 10.8. The summed E-state index contributed by atoms with van der Waals surface area (Å²) in [5, 5.41) is 22.5. The van der Waals surface area contributed by atoms with Crippen molar-refractivity contribution in [1.29, 1.82) is 0 Å². The van der Waals surface area contributed by atoms with Crippen LogP contribution in [0, 0.1) is 39.4 Å². The van der Waals surface area contributed by atoms with Crippen LogP contribution in [0.3, 0.4) is 0 Å². The molecule has 4 nitrogen and oxygen atoms in total. The number of aliphatic hydroxyl groups is 2. The first-order valence-corrected chi connectivity index (χ1v) is 11.7. The zero-order valence-electron chi connectivity index (χ0n) is 18.8. The van der Waals surface area contributed by atoms with Crippen molar-refractivity contribution in [2.75, 3.05) is 6.61 Å². The van der Waals surface area contributed by atoms with E-state index in [2.05, 4.69) is 34.6 Å². The molecule has 4 heteroatoms. The number of hydrogen-bond acceptors (Lipinski definition) is 4. The van der Waals surface area contributed by atoms with Crippen LogP contribution in [-0.4, -0.2) is 35.0 Å². The lowest BCUT2D eigenvalue weighted by molar-refractivity contribution is -0.221. The van der Waals surface area contributed by atoms with Gasteiger partial charge in [0, 0.05) is 11.0 Å². The highest BCUT2D eigenvalue weighted by molar-refractivity contribution is 5.94. The highest BCUT2D eigenvalue weighted by atomic mass is 16.5. The minimum Gasteiger partial charge on any atom is -0.458 e. The molecule has 0 radical (unpaired) electrons. The third-order valence-corrected chi connectivity index (χ3v) is 10.8. The molecule has 5 rings (SSSR count). The molecule has 162 valence electrons. The van der Waals surface area contributed by atoms with E-state index in [-0.39, 0.29) is 29.3 Å². The van der Waals surface area contributed by atoms with Crippen molar-refractivity contribution < 1.29 is 19.7 Å². The molecule has 3 saturated carbocycles. The lowest BCUT2D eigenvalue weighted by Crippen LogP contribution is -2.66. The van der Waals surface area contributed by atoms with Gasteiger partial charge in [0.05, 0.1) is 17.8 Å². The average Bonchev–Trinajstić information content (AvgIpc) is 3.02. The van der Waals surface area contributed by atoms with Crippen LogP contribution in [0.1, 0.15) is 79.6 Å². The number of rotatable bonds is 0. The van der Waals surface area contributed by atoms with Gasteiger partial charge in [0.2, 0.25) is 0 Å². The van der Waals surface area contributed by atoms with Gasteiger partial charge in [-0.05, 0) is 72.5 Å². The fourth-order valence-electron chi connectivity index (χ4n) is 9.49. The molecule has 1 heterocycles. The molecule has 5 aliphatic rings. The highest BCUT2D eigenvalue weighted by Gasteiger charge is 2.69. The van der Waals surface area contributed by atoms with Crippen molar-refractivity contribution in [2.45, 2.75) is 91.8 Å². The summed E-state index contributed by atoms with van der Waals surface area (Å²) in [7, 11) is 0. The van der Waals surface area contributed by atoms with Crippen LogP contribution in [0.25, 0.3) is 0 Å². The molecule has 4 aliphatic carbocycles. The molecule has 0 unspecified atom stereocenters. The Kier molecular flexibility index (Phi) is 4.07. The van der Waals surface area contributed by atoms with E-state index in [0.29, 0.717) is 29.2 Å². The summed E-state index contributed by atoms with van der Waals surface area (Å²) in [6, 6.07) is 0. The summed E-state index contributed by atoms with van der Waals surface area (Å²) in [5.41, 5.74) is 1.30. The molecule has 1 aliphatic heterocycles. The number of carbonyl (C=O) groups excluding carboxylic acids is 1. The number of aliphatic hydroxyl groups excluding tert-OH is 2. The first kappa shape index (κ1) is 20.1. The average molecular weight is 403 g/mol. The molecular formula is C25H38O4. The maximum absolute atomic E-state index is 12.7. The van der Waals surface area contributed by atoms with Crippen molar-refractivity contribution in [3.63, 3.8) is 0 Å². The third kappa shape index (κ3) is 2.31. The Labute approximate surface area is 175 Å². The monoisotopic (exact) mass is 402 g/mol. The van der Waals surface area contributed by atoms with Crippen LogP contribution in [0.5, 0.6) is 0 Å². The summed E-state index contributed by atoms with van der Waals surface area (Å²) < 4.78 is 5.35. The van der Waals surface area contributed by atoms with Gasteiger partial charge in [-0.3, -0.25) is 0 Å². The second-order valence-corrected chi connectivity index (χ2v) is 12.3. The molecule has 0 amide bonds. The zero-order chi connectivity index (χ0) is 21.0. The molecule has 2 N–H and O–H groups in total. The minimum atomic E-state index is -0.620. The Morgan fingerprint density at radius 1 is 0.897 bits per heavy atom. The Morgan fingerprint density at radius 2 is 1.59 bits per heavy atom. The van der Waals surface area contributed by atoms with E-state index < -0.39 is 17.6 Å². The largest absolute Gasteiger partial charge is 0.458 e. The van der Waals surface area contributed by atoms with Gasteiger partial charge >= 0.3 is 5.97 Å². The molecular weight excluding hydrogens is 364 g/mol. The molecule has 3 fully saturated rings. The molecule has 0 aromatic rings. The summed E-state index contributed by atoms with van der Waals surface area (Å²) in [4.78, 5) is 12.7. The van der Waals surface area contributed by atoms with E-state index >= 15 is 0 Å². The number of esters is 1. The minimum absolute atomic E-state index is 0.0228. The topological polar surface area (TPSA) is 66.8 Å². The lowest BCUT2D eigenvalue weighted by Gasteiger charge is -2.70. The van der Waals surface area contributed by atoms with Gasteiger partial charge in [-0.1, -0.05) is 41.0 Å². The predicted octanol–water partition coefficient (Wildman–Crippen LogP) is 4.24. The van der Waals surface area contributed by atoms with E-state index in [1.165, 1.54) is 25.7 Å². The van der Waals surface area contributed by atoms with Crippen molar-refractivity contribution in [3.05, 3.63) is 11.1 Å². The first-order chi connectivity index (χ1) is 13.5. The van der Waals surface area contributed by atoms with Gasteiger partial charge in [0.1, 0.15) is 6.61 Å². The van der Waals surface area contributed by atoms with Gasteiger partial charge in [-0.15, -0.1) is 0 Å². The Bertz CT molecular complexity index is 784. The Balaban J connectivity index is 1.62. The SMILES string of the molecule is CC1(C)CCC[C@]2(C)[C@H]3C[C@@H](O)[C@]4(C)C5=C(COC5=O)[C@H](O)C[C@H]4[C@]3(C)CC[C@@H]12.